The molecule has 0 aliphatic carbocycles. The van der Waals surface area contributed by atoms with E-state index in [4.69, 9.17) is 0 Å². The van der Waals surface area contributed by atoms with Gasteiger partial charge in [0.25, 0.3) is 0 Å². The first kappa shape index (κ1) is 12.8. The lowest BCUT2D eigenvalue weighted by molar-refractivity contribution is 0.395. The molecule has 1 heterocycles. The van der Waals surface area contributed by atoms with Crippen LogP contribution in [0.5, 0.6) is 0 Å². The fraction of sp³-hybridized carbons (Fsp3) is 1.00. The van der Waals surface area contributed by atoms with Gasteiger partial charge >= 0.3 is 0 Å². The topological polar surface area (TPSA) is 30.5 Å². The van der Waals surface area contributed by atoms with Crippen LogP contribution in [-0.2, 0) is 0 Å². The van der Waals surface area contributed by atoms with E-state index in [9.17, 15) is 0 Å². The van der Waals surface area contributed by atoms with Gasteiger partial charge in [-0.2, -0.15) is 0 Å². The SMILES string of the molecule is PN1CCNCCN(P)CCNCC1. The fourth-order valence-corrected chi connectivity index (χ4v) is 1.88. The Hall–Kier alpha value is 0.700. The Bertz CT molecular complexity index is 119. The first-order chi connectivity index (χ1) is 6.79. The first-order valence-corrected chi connectivity index (χ1v) is 6.23. The van der Waals surface area contributed by atoms with Gasteiger partial charge < -0.3 is 10.6 Å². The van der Waals surface area contributed by atoms with Gasteiger partial charge in [-0.05, 0) is 0 Å². The van der Waals surface area contributed by atoms with E-state index in [0.717, 1.165) is 52.4 Å². The maximum atomic E-state index is 3.43. The van der Waals surface area contributed by atoms with Crippen molar-refractivity contribution in [1.82, 2.24) is 20.0 Å². The minimum absolute atomic E-state index is 1.07. The minimum atomic E-state index is 1.07. The van der Waals surface area contributed by atoms with Crippen molar-refractivity contribution in [2.24, 2.45) is 0 Å². The summed E-state index contributed by atoms with van der Waals surface area (Å²) in [6.45, 7) is 8.69. The summed E-state index contributed by atoms with van der Waals surface area (Å²) in [5, 5.41) is 6.87. The van der Waals surface area contributed by atoms with E-state index in [0.29, 0.717) is 0 Å². The molecule has 0 bridgehead atoms. The molecule has 1 saturated heterocycles. The van der Waals surface area contributed by atoms with Crippen LogP contribution in [0.3, 0.4) is 0 Å². The molecular formula is C8H22N4P2. The molecular weight excluding hydrogens is 214 g/mol. The number of hydrogen-bond donors (Lipinski definition) is 2. The highest BCUT2D eigenvalue weighted by molar-refractivity contribution is 7.13. The second kappa shape index (κ2) is 7.92. The number of nitrogens with one attached hydrogen (secondary N) is 2. The lowest BCUT2D eigenvalue weighted by atomic mass is 10.4. The zero-order valence-electron chi connectivity index (χ0n) is 8.71. The van der Waals surface area contributed by atoms with E-state index in [-0.39, 0.29) is 0 Å². The van der Waals surface area contributed by atoms with Crippen molar-refractivity contribution in [3.63, 3.8) is 0 Å². The summed E-state index contributed by atoms with van der Waals surface area (Å²) in [7, 11) is 5.56. The van der Waals surface area contributed by atoms with Crippen molar-refractivity contribution < 1.29 is 0 Å². The monoisotopic (exact) mass is 236 g/mol. The highest BCUT2D eigenvalue weighted by Crippen LogP contribution is 1.97. The lowest BCUT2D eigenvalue weighted by Crippen LogP contribution is -2.37. The van der Waals surface area contributed by atoms with Crippen LogP contribution in [0.2, 0.25) is 0 Å². The molecule has 1 rings (SSSR count). The Kier molecular flexibility index (Phi) is 7.23. The van der Waals surface area contributed by atoms with Crippen molar-refractivity contribution in [2.75, 3.05) is 52.4 Å². The number of nitrogens with zero attached hydrogens (tertiary/aromatic N) is 2. The molecule has 1 fully saturated rings. The predicted molar refractivity (Wildman–Crippen MR) is 68.3 cm³/mol. The average Bonchev–Trinajstić information content (AvgIpc) is 2.14. The van der Waals surface area contributed by atoms with Crippen molar-refractivity contribution >= 4 is 18.8 Å². The van der Waals surface area contributed by atoms with Crippen LogP contribution in [0.15, 0.2) is 0 Å². The van der Waals surface area contributed by atoms with Gasteiger partial charge in [-0.3, -0.25) is 9.34 Å². The quantitative estimate of drug-likeness (QED) is 0.548. The molecule has 0 amide bonds. The molecule has 84 valence electrons. The van der Waals surface area contributed by atoms with Crippen molar-refractivity contribution in [1.29, 1.82) is 0 Å². The average molecular weight is 236 g/mol. The molecule has 0 spiro atoms. The molecule has 4 nitrogen and oxygen atoms in total. The largest absolute Gasteiger partial charge is 0.314 e. The normalized spacial score (nSPS) is 25.3. The summed E-state index contributed by atoms with van der Waals surface area (Å²) in [6, 6.07) is 0. The highest BCUT2D eigenvalue weighted by atomic mass is 31.0. The minimum Gasteiger partial charge on any atom is -0.314 e. The predicted octanol–water partition coefficient (Wildman–Crippen LogP) is -0.637. The molecule has 2 N–H and O–H groups in total. The summed E-state index contributed by atoms with van der Waals surface area (Å²) >= 11 is 0. The lowest BCUT2D eigenvalue weighted by Gasteiger charge is -2.21. The summed E-state index contributed by atoms with van der Waals surface area (Å²) in [4.78, 5) is 0. The molecule has 0 aromatic rings. The van der Waals surface area contributed by atoms with E-state index >= 15 is 0 Å². The molecule has 1 aliphatic heterocycles. The van der Waals surface area contributed by atoms with Crippen molar-refractivity contribution in [2.45, 2.75) is 0 Å². The Morgan fingerprint density at radius 3 is 1.21 bits per heavy atom. The molecule has 6 heteroatoms. The molecule has 0 aromatic carbocycles. The second-order valence-electron chi connectivity index (χ2n) is 3.57. The first-order valence-electron chi connectivity index (χ1n) is 5.20. The molecule has 1 aliphatic rings. The van der Waals surface area contributed by atoms with Crippen LogP contribution in [0.25, 0.3) is 0 Å². The fourth-order valence-electron chi connectivity index (χ4n) is 1.36. The van der Waals surface area contributed by atoms with Crippen molar-refractivity contribution in [3.05, 3.63) is 0 Å². The van der Waals surface area contributed by atoms with E-state index in [1.54, 1.807) is 0 Å². The Balaban J connectivity index is 2.19. The van der Waals surface area contributed by atoms with Gasteiger partial charge in [0, 0.05) is 52.4 Å². The van der Waals surface area contributed by atoms with Gasteiger partial charge in [-0.15, -0.1) is 0 Å². The third kappa shape index (κ3) is 6.23. The third-order valence-corrected chi connectivity index (χ3v) is 3.34. The van der Waals surface area contributed by atoms with E-state index in [2.05, 4.69) is 38.8 Å². The van der Waals surface area contributed by atoms with Gasteiger partial charge in [0.2, 0.25) is 0 Å². The molecule has 2 atom stereocenters. The number of rotatable bonds is 0. The molecule has 0 radical (unpaired) electrons. The Labute approximate surface area is 91.7 Å². The van der Waals surface area contributed by atoms with Gasteiger partial charge in [0.1, 0.15) is 0 Å². The van der Waals surface area contributed by atoms with E-state index < -0.39 is 0 Å². The molecule has 14 heavy (non-hydrogen) atoms. The van der Waals surface area contributed by atoms with Crippen LogP contribution in [0.4, 0.5) is 0 Å². The maximum absolute atomic E-state index is 3.43. The van der Waals surface area contributed by atoms with Gasteiger partial charge in [-0.25, -0.2) is 0 Å². The van der Waals surface area contributed by atoms with Crippen LogP contribution >= 0.6 is 18.8 Å². The number of hydrogen-bond acceptors (Lipinski definition) is 4. The summed E-state index contributed by atoms with van der Waals surface area (Å²) in [5.41, 5.74) is 0. The zero-order chi connectivity index (χ0) is 10.2. The smallest absolute Gasteiger partial charge is 0.0142 e. The van der Waals surface area contributed by atoms with Gasteiger partial charge in [0.05, 0.1) is 0 Å². The summed E-state index contributed by atoms with van der Waals surface area (Å²) in [6.07, 6.45) is 0. The van der Waals surface area contributed by atoms with Crippen LogP contribution in [-0.4, -0.2) is 61.7 Å². The van der Waals surface area contributed by atoms with Crippen LogP contribution in [0, 0.1) is 0 Å². The summed E-state index contributed by atoms with van der Waals surface area (Å²) in [5.74, 6) is 0. The van der Waals surface area contributed by atoms with Crippen LogP contribution in [0.1, 0.15) is 0 Å². The van der Waals surface area contributed by atoms with Crippen molar-refractivity contribution in [3.8, 4) is 0 Å². The maximum Gasteiger partial charge on any atom is 0.0142 e. The molecule has 0 saturated carbocycles. The zero-order valence-corrected chi connectivity index (χ0v) is 11.0. The van der Waals surface area contributed by atoms with Gasteiger partial charge in [-0.1, -0.05) is 18.8 Å². The highest BCUT2D eigenvalue weighted by Gasteiger charge is 2.01. The standard InChI is InChI=1S/C8H22N4P2/c13-11-5-1-9-2-6-12(14)8-4-10-3-7-11/h9-10H,1-8,13-14H2. The Morgan fingerprint density at radius 1 is 0.643 bits per heavy atom. The Morgan fingerprint density at radius 2 is 0.929 bits per heavy atom. The van der Waals surface area contributed by atoms with Crippen LogP contribution < -0.4 is 10.6 Å². The third-order valence-electron chi connectivity index (χ3n) is 2.30. The van der Waals surface area contributed by atoms with E-state index in [1.165, 1.54) is 0 Å². The second-order valence-corrected chi connectivity index (χ2v) is 5.03. The van der Waals surface area contributed by atoms with E-state index in [1.807, 2.05) is 0 Å². The van der Waals surface area contributed by atoms with Gasteiger partial charge in [0.15, 0.2) is 0 Å². The molecule has 2 unspecified atom stereocenters. The summed E-state index contributed by atoms with van der Waals surface area (Å²) < 4.78 is 4.56. The molecule has 0 aromatic heterocycles.